The predicted molar refractivity (Wildman–Crippen MR) is 157 cm³/mol. The van der Waals surface area contributed by atoms with Crippen LogP contribution in [0.4, 0.5) is 5.69 Å². The third kappa shape index (κ3) is 7.64. The van der Waals surface area contributed by atoms with E-state index in [9.17, 15) is 22.8 Å². The van der Waals surface area contributed by atoms with Crippen molar-refractivity contribution in [3.05, 3.63) is 42.0 Å². The summed E-state index contributed by atoms with van der Waals surface area (Å²) in [6.45, 7) is 7.17. The summed E-state index contributed by atoms with van der Waals surface area (Å²) in [5.41, 5.74) is 7.98. The molecule has 1 heterocycles. The lowest BCUT2D eigenvalue weighted by Crippen LogP contribution is -2.38. The van der Waals surface area contributed by atoms with E-state index in [4.69, 9.17) is 15.6 Å². The van der Waals surface area contributed by atoms with Crippen LogP contribution in [0.2, 0.25) is 0 Å². The number of benzene rings is 2. The number of thioether (sulfide) groups is 1. The minimum atomic E-state index is -4.49. The summed E-state index contributed by atoms with van der Waals surface area (Å²) in [5, 5.41) is 9.79. The largest absolute Gasteiger partial charge is 0.485 e. The molecule has 12 nitrogen and oxygen atoms in total. The number of carbonyl (C=O) groups is 3. The molecule has 0 saturated heterocycles. The van der Waals surface area contributed by atoms with Gasteiger partial charge < -0.3 is 24.9 Å². The van der Waals surface area contributed by atoms with Crippen LogP contribution in [0, 0.1) is 0 Å². The smallest absolute Gasteiger partial charge is 0.305 e. The van der Waals surface area contributed by atoms with Gasteiger partial charge in [-0.25, -0.2) is 18.1 Å². The molecule has 0 spiro atoms. The van der Waals surface area contributed by atoms with Gasteiger partial charge in [0.2, 0.25) is 10.0 Å². The molecule has 0 radical (unpaired) electrons. The van der Waals surface area contributed by atoms with E-state index >= 15 is 0 Å². The Morgan fingerprint density at radius 1 is 1.22 bits per heavy atom. The van der Waals surface area contributed by atoms with E-state index in [2.05, 4.69) is 9.71 Å². The first-order valence-corrected chi connectivity index (χ1v) is 15.7. The predicted octanol–water partition coefficient (Wildman–Crippen LogP) is 2.65. The van der Waals surface area contributed by atoms with Crippen molar-refractivity contribution in [3.8, 4) is 5.75 Å². The van der Waals surface area contributed by atoms with Gasteiger partial charge >= 0.3 is 5.97 Å². The van der Waals surface area contributed by atoms with E-state index in [0.717, 1.165) is 16.2 Å². The maximum absolute atomic E-state index is 13.4. The average Bonchev–Trinajstić information content (AvgIpc) is 3.28. The van der Waals surface area contributed by atoms with Crippen molar-refractivity contribution >= 4 is 56.5 Å². The Kier molecular flexibility index (Phi) is 10.9. The van der Waals surface area contributed by atoms with Gasteiger partial charge in [-0.2, -0.15) is 0 Å². The van der Waals surface area contributed by atoms with Crippen LogP contribution >= 0.6 is 11.8 Å². The molecule has 2 aromatic carbocycles. The van der Waals surface area contributed by atoms with Gasteiger partial charge in [0.25, 0.3) is 0 Å². The van der Waals surface area contributed by atoms with Crippen LogP contribution in [0.15, 0.2) is 46.5 Å². The Labute approximate surface area is 243 Å². The number of sulfonamides is 1. The number of nitrogens with zero attached hydrogens (tertiary/aromatic N) is 3. The number of aromatic nitrogens is 2. The molecule has 3 rings (SSSR count). The normalized spacial score (nSPS) is 13.3. The molecule has 1 unspecified atom stereocenters. The Morgan fingerprint density at radius 3 is 2.51 bits per heavy atom. The molecule has 4 N–H and O–H groups in total. The number of likely N-dealkylation sites (N-methyl/N-ethyl adjacent to an activating group) is 1. The lowest BCUT2D eigenvalue weighted by molar-refractivity contribution is -0.138. The molecule has 222 valence electrons. The molecule has 0 aliphatic heterocycles. The Balaban J connectivity index is 2.05. The summed E-state index contributed by atoms with van der Waals surface area (Å²) in [7, 11) is -4.49. The number of carbonyl (C=O) groups excluding carboxylic acids is 2. The van der Waals surface area contributed by atoms with Crippen LogP contribution in [0.3, 0.4) is 0 Å². The summed E-state index contributed by atoms with van der Waals surface area (Å²) in [6, 6.07) is 8.53. The number of rotatable bonds is 16. The number of nitrogens with one attached hydrogen (secondary N) is 1. The van der Waals surface area contributed by atoms with Crippen molar-refractivity contribution in [2.75, 3.05) is 31.6 Å². The number of aldehydes is 1. The zero-order chi connectivity index (χ0) is 30.3. The van der Waals surface area contributed by atoms with E-state index in [1.807, 2.05) is 53.8 Å². The lowest BCUT2D eigenvalue weighted by atomic mass is 10.1. The summed E-state index contributed by atoms with van der Waals surface area (Å²) < 4.78 is 36.9. The summed E-state index contributed by atoms with van der Waals surface area (Å²) in [6.07, 6.45) is 0.692. The molecule has 0 amide bonds. The highest BCUT2D eigenvalue weighted by Gasteiger charge is 2.30. The molecule has 0 aliphatic rings. The lowest BCUT2D eigenvalue weighted by Gasteiger charge is -2.23. The zero-order valence-electron chi connectivity index (χ0n) is 23.4. The number of carboxylic acid groups (broad SMARTS) is 1. The van der Waals surface area contributed by atoms with Crippen molar-refractivity contribution < 1.29 is 32.6 Å². The number of imidazole rings is 1. The number of ether oxygens (including phenoxy) is 1. The average molecular weight is 606 g/mol. The molecule has 3 aromatic rings. The highest BCUT2D eigenvalue weighted by atomic mass is 32.2. The van der Waals surface area contributed by atoms with Crippen LogP contribution in [0.1, 0.15) is 37.6 Å². The molecule has 1 aromatic heterocycles. The zero-order valence-corrected chi connectivity index (χ0v) is 25.0. The van der Waals surface area contributed by atoms with Crippen LogP contribution in [0.5, 0.6) is 5.75 Å². The molecular weight excluding hydrogens is 570 g/mol. The van der Waals surface area contributed by atoms with E-state index in [0.29, 0.717) is 13.1 Å². The second kappa shape index (κ2) is 13.9. The van der Waals surface area contributed by atoms with Crippen LogP contribution in [-0.4, -0.2) is 84.0 Å². The van der Waals surface area contributed by atoms with Gasteiger partial charge in [-0.3, -0.25) is 14.5 Å². The van der Waals surface area contributed by atoms with Crippen molar-refractivity contribution in [3.63, 3.8) is 0 Å². The first kappa shape index (κ1) is 32.1. The van der Waals surface area contributed by atoms with Gasteiger partial charge in [-0.15, -0.1) is 0 Å². The van der Waals surface area contributed by atoms with Gasteiger partial charge in [0, 0.05) is 5.56 Å². The molecule has 2 atom stereocenters. The number of hydrogen-bond donors (Lipinski definition) is 3. The second-order valence-electron chi connectivity index (χ2n) is 9.33. The molecule has 0 bridgehead atoms. The SMILES string of the molecule is CCN(CC)CC(=O)c1ccc(S(=O)(=O)NC(C=O)CC(=O)O)c(O[C@H](C)Cn2c(SC)nc3ccccc32)c1N. The fourth-order valence-electron chi connectivity index (χ4n) is 4.34. The molecule has 0 saturated carbocycles. The Hall–Kier alpha value is -3.46. The minimum absolute atomic E-state index is 0.0699. The van der Waals surface area contributed by atoms with E-state index in [-0.39, 0.29) is 42.2 Å². The third-order valence-electron chi connectivity index (χ3n) is 6.44. The van der Waals surface area contributed by atoms with E-state index < -0.39 is 39.5 Å². The van der Waals surface area contributed by atoms with Gasteiger partial charge in [0.05, 0.1) is 42.3 Å². The van der Waals surface area contributed by atoms with Crippen molar-refractivity contribution in [2.45, 2.75) is 55.9 Å². The summed E-state index contributed by atoms with van der Waals surface area (Å²) >= 11 is 1.45. The number of hydrogen-bond acceptors (Lipinski definition) is 10. The van der Waals surface area contributed by atoms with Crippen LogP contribution < -0.4 is 15.2 Å². The topological polar surface area (TPSA) is 174 Å². The third-order valence-corrected chi connectivity index (χ3v) is 8.63. The van der Waals surface area contributed by atoms with Crippen LogP contribution in [0.25, 0.3) is 11.0 Å². The van der Waals surface area contributed by atoms with Gasteiger partial charge in [-0.1, -0.05) is 37.7 Å². The fourth-order valence-corrected chi connectivity index (χ4v) is 6.24. The second-order valence-corrected chi connectivity index (χ2v) is 11.8. The van der Waals surface area contributed by atoms with Gasteiger partial charge in [0.1, 0.15) is 17.3 Å². The molecule has 14 heteroatoms. The monoisotopic (exact) mass is 605 g/mol. The maximum Gasteiger partial charge on any atom is 0.305 e. The van der Waals surface area contributed by atoms with E-state index in [1.165, 1.54) is 23.9 Å². The number of nitrogens with two attached hydrogens (primary N) is 1. The Morgan fingerprint density at radius 2 is 1.90 bits per heavy atom. The minimum Gasteiger partial charge on any atom is -0.485 e. The molecule has 0 aliphatic carbocycles. The number of para-hydroxylation sites is 2. The number of Topliss-reactive ketones (excluding diaryl/α,β-unsaturated/α-hetero) is 1. The van der Waals surface area contributed by atoms with Crippen molar-refractivity contribution in [1.29, 1.82) is 0 Å². The van der Waals surface area contributed by atoms with Crippen LogP contribution in [-0.2, 0) is 26.2 Å². The summed E-state index contributed by atoms with van der Waals surface area (Å²) in [5.74, 6) is -1.93. The highest BCUT2D eigenvalue weighted by molar-refractivity contribution is 7.98. The maximum atomic E-state index is 13.4. The van der Waals surface area contributed by atoms with E-state index in [1.54, 1.807) is 6.92 Å². The molecule has 41 heavy (non-hydrogen) atoms. The number of anilines is 1. The number of carboxylic acids is 1. The number of ketones is 1. The first-order chi connectivity index (χ1) is 19.4. The standard InChI is InChI=1S/C27H35N5O7S2/c1-5-31(6-2)15-22(34)19-11-12-23(41(37,38)30-18(16-33)13-24(35)36)26(25(19)28)39-17(3)14-32-21-10-8-7-9-20(21)29-27(32)40-4/h7-12,16-18,30H,5-6,13-15,28H2,1-4H3,(H,35,36)/t17-,18?/m1/s1. The first-order valence-electron chi connectivity index (χ1n) is 13.0. The number of aliphatic carboxylic acids is 1. The molecule has 0 fully saturated rings. The van der Waals surface area contributed by atoms with Crippen molar-refractivity contribution in [2.24, 2.45) is 0 Å². The quantitative estimate of drug-likeness (QED) is 0.0948. The van der Waals surface area contributed by atoms with Crippen molar-refractivity contribution in [1.82, 2.24) is 19.2 Å². The van der Waals surface area contributed by atoms with Gasteiger partial charge in [-0.05, 0) is 50.5 Å². The summed E-state index contributed by atoms with van der Waals surface area (Å²) in [4.78, 5) is 41.8. The number of fused-ring (bicyclic) bond motifs is 1. The number of nitrogen functional groups attached to an aromatic ring is 1. The Bertz CT molecular complexity index is 1520. The fraction of sp³-hybridized carbons (Fsp3) is 0.407. The molecular formula is C27H35N5O7S2. The van der Waals surface area contributed by atoms with Gasteiger partial charge in [0.15, 0.2) is 16.7 Å². The highest BCUT2D eigenvalue weighted by Crippen LogP contribution is 2.35.